The normalized spacial score (nSPS) is 10.0. The van der Waals surface area contributed by atoms with Crippen LogP contribution in [0.5, 0.6) is 11.5 Å². The molecule has 0 saturated heterocycles. The van der Waals surface area contributed by atoms with Gasteiger partial charge in [0.2, 0.25) is 0 Å². The molecule has 2 N–H and O–H groups in total. The first kappa shape index (κ1) is 11.2. The summed E-state index contributed by atoms with van der Waals surface area (Å²) in [6.07, 6.45) is 3.13. The number of aromatic nitrogens is 2. The first-order valence-electron chi connectivity index (χ1n) is 5.04. The maximum atomic E-state index is 5.61. The number of ether oxygens (including phenoxy) is 2. The second-order valence-electron chi connectivity index (χ2n) is 3.40. The second-order valence-corrected chi connectivity index (χ2v) is 3.40. The summed E-state index contributed by atoms with van der Waals surface area (Å²) in [6.45, 7) is 0. The highest BCUT2D eigenvalue weighted by atomic mass is 16.5. The number of rotatable bonds is 3. The molecule has 1 aromatic carbocycles. The number of anilines is 1. The Balaban J connectivity index is 2.56. The predicted molar refractivity (Wildman–Crippen MR) is 65.0 cm³/mol. The Bertz CT molecular complexity index is 529. The highest BCUT2D eigenvalue weighted by Gasteiger charge is 2.09. The van der Waals surface area contributed by atoms with Crippen LogP contribution in [0.3, 0.4) is 0 Å². The summed E-state index contributed by atoms with van der Waals surface area (Å²) in [5.41, 5.74) is 7.06. The maximum Gasteiger partial charge on any atom is 0.142 e. The lowest BCUT2D eigenvalue weighted by Gasteiger charge is -2.09. The Kier molecular flexibility index (Phi) is 3.09. The molecule has 0 atom stereocenters. The van der Waals surface area contributed by atoms with E-state index in [-0.39, 0.29) is 0 Å². The van der Waals surface area contributed by atoms with E-state index < -0.39 is 0 Å². The zero-order valence-corrected chi connectivity index (χ0v) is 9.68. The second kappa shape index (κ2) is 4.69. The van der Waals surface area contributed by atoms with Crippen LogP contribution in [0.1, 0.15) is 0 Å². The van der Waals surface area contributed by atoms with Crippen molar-refractivity contribution in [2.75, 3.05) is 20.0 Å². The SMILES string of the molecule is COc1ccc(OC)c(-c2cncc(N)n2)c1. The van der Waals surface area contributed by atoms with Gasteiger partial charge in [-0.25, -0.2) is 4.98 Å². The summed E-state index contributed by atoms with van der Waals surface area (Å²) in [5.74, 6) is 1.79. The van der Waals surface area contributed by atoms with Crippen LogP contribution in [0.2, 0.25) is 0 Å². The molecule has 2 aromatic rings. The van der Waals surface area contributed by atoms with Crippen molar-refractivity contribution in [1.82, 2.24) is 9.97 Å². The number of nitrogens with two attached hydrogens (primary N) is 1. The van der Waals surface area contributed by atoms with Gasteiger partial charge in [0, 0.05) is 5.56 Å². The van der Waals surface area contributed by atoms with Crippen LogP contribution in [0.4, 0.5) is 5.82 Å². The molecule has 0 spiro atoms. The van der Waals surface area contributed by atoms with E-state index in [1.165, 1.54) is 6.20 Å². The van der Waals surface area contributed by atoms with E-state index in [0.717, 1.165) is 11.3 Å². The number of methoxy groups -OCH3 is 2. The van der Waals surface area contributed by atoms with Crippen molar-refractivity contribution < 1.29 is 9.47 Å². The molecule has 88 valence electrons. The van der Waals surface area contributed by atoms with Gasteiger partial charge < -0.3 is 15.2 Å². The Hall–Kier alpha value is -2.30. The molecule has 0 unspecified atom stereocenters. The van der Waals surface area contributed by atoms with Crippen molar-refractivity contribution in [2.45, 2.75) is 0 Å². The van der Waals surface area contributed by atoms with Crippen molar-refractivity contribution in [2.24, 2.45) is 0 Å². The van der Waals surface area contributed by atoms with Gasteiger partial charge in [-0.05, 0) is 18.2 Å². The molecule has 0 aliphatic heterocycles. The van der Waals surface area contributed by atoms with E-state index >= 15 is 0 Å². The van der Waals surface area contributed by atoms with Crippen molar-refractivity contribution in [3.8, 4) is 22.8 Å². The van der Waals surface area contributed by atoms with Crippen LogP contribution in [0.25, 0.3) is 11.3 Å². The fourth-order valence-corrected chi connectivity index (χ4v) is 1.53. The molecule has 1 heterocycles. The third-order valence-electron chi connectivity index (χ3n) is 2.34. The van der Waals surface area contributed by atoms with E-state index in [1.54, 1.807) is 20.4 Å². The molecule has 5 nitrogen and oxygen atoms in total. The zero-order chi connectivity index (χ0) is 12.3. The number of nitrogens with zero attached hydrogens (tertiary/aromatic N) is 2. The first-order valence-corrected chi connectivity index (χ1v) is 5.04. The first-order chi connectivity index (χ1) is 8.24. The Labute approximate surface area is 99.2 Å². The topological polar surface area (TPSA) is 70.3 Å². The van der Waals surface area contributed by atoms with Gasteiger partial charge in [0.15, 0.2) is 0 Å². The monoisotopic (exact) mass is 231 g/mol. The van der Waals surface area contributed by atoms with Gasteiger partial charge in [-0.15, -0.1) is 0 Å². The molecule has 0 aliphatic rings. The van der Waals surface area contributed by atoms with Gasteiger partial charge in [0.25, 0.3) is 0 Å². The highest BCUT2D eigenvalue weighted by Crippen LogP contribution is 2.32. The lowest BCUT2D eigenvalue weighted by molar-refractivity contribution is 0.404. The summed E-state index contributed by atoms with van der Waals surface area (Å²) in [5, 5.41) is 0. The molecule has 0 fully saturated rings. The minimum Gasteiger partial charge on any atom is -0.497 e. The molecule has 0 bridgehead atoms. The molecule has 0 radical (unpaired) electrons. The third-order valence-corrected chi connectivity index (χ3v) is 2.34. The molecule has 2 rings (SSSR count). The smallest absolute Gasteiger partial charge is 0.142 e. The fourth-order valence-electron chi connectivity index (χ4n) is 1.53. The van der Waals surface area contributed by atoms with Crippen LogP contribution in [0.15, 0.2) is 30.6 Å². The third kappa shape index (κ3) is 2.28. The molecule has 1 aromatic heterocycles. The summed E-state index contributed by atoms with van der Waals surface area (Å²) in [4.78, 5) is 8.21. The summed E-state index contributed by atoms with van der Waals surface area (Å²) in [7, 11) is 3.21. The highest BCUT2D eigenvalue weighted by molar-refractivity contribution is 5.69. The van der Waals surface area contributed by atoms with E-state index in [9.17, 15) is 0 Å². The van der Waals surface area contributed by atoms with Crippen molar-refractivity contribution >= 4 is 5.82 Å². The average Bonchev–Trinajstić information content (AvgIpc) is 2.38. The quantitative estimate of drug-likeness (QED) is 0.871. The van der Waals surface area contributed by atoms with Crippen molar-refractivity contribution in [1.29, 1.82) is 0 Å². The lowest BCUT2D eigenvalue weighted by atomic mass is 10.1. The number of hydrogen-bond acceptors (Lipinski definition) is 5. The van der Waals surface area contributed by atoms with Gasteiger partial charge in [0.1, 0.15) is 17.3 Å². The molecular formula is C12H13N3O2. The summed E-state index contributed by atoms with van der Waals surface area (Å²) < 4.78 is 10.4. The van der Waals surface area contributed by atoms with Crippen LogP contribution >= 0.6 is 0 Å². The Morgan fingerprint density at radius 3 is 2.59 bits per heavy atom. The van der Waals surface area contributed by atoms with Gasteiger partial charge in [-0.3, -0.25) is 4.98 Å². The largest absolute Gasteiger partial charge is 0.497 e. The van der Waals surface area contributed by atoms with Crippen LogP contribution in [-0.2, 0) is 0 Å². The lowest BCUT2D eigenvalue weighted by Crippen LogP contribution is -1.96. The molecule has 17 heavy (non-hydrogen) atoms. The Morgan fingerprint density at radius 1 is 1.12 bits per heavy atom. The molecule has 0 saturated carbocycles. The molecule has 5 heteroatoms. The van der Waals surface area contributed by atoms with Crippen molar-refractivity contribution in [3.05, 3.63) is 30.6 Å². The van der Waals surface area contributed by atoms with E-state index in [1.807, 2.05) is 18.2 Å². The number of hydrogen-bond donors (Lipinski definition) is 1. The van der Waals surface area contributed by atoms with Crippen LogP contribution in [0, 0.1) is 0 Å². The van der Waals surface area contributed by atoms with Crippen molar-refractivity contribution in [3.63, 3.8) is 0 Å². The molecule has 0 aliphatic carbocycles. The fraction of sp³-hybridized carbons (Fsp3) is 0.167. The van der Waals surface area contributed by atoms with Gasteiger partial charge in [0.05, 0.1) is 32.3 Å². The minimum atomic E-state index is 0.368. The molecular weight excluding hydrogens is 218 g/mol. The summed E-state index contributed by atoms with van der Waals surface area (Å²) >= 11 is 0. The average molecular weight is 231 g/mol. The van der Waals surface area contributed by atoms with E-state index in [4.69, 9.17) is 15.2 Å². The van der Waals surface area contributed by atoms with Gasteiger partial charge >= 0.3 is 0 Å². The summed E-state index contributed by atoms with van der Waals surface area (Å²) in [6, 6.07) is 5.48. The van der Waals surface area contributed by atoms with E-state index in [0.29, 0.717) is 17.3 Å². The van der Waals surface area contributed by atoms with Crippen LogP contribution < -0.4 is 15.2 Å². The maximum absolute atomic E-state index is 5.61. The predicted octanol–water partition coefficient (Wildman–Crippen LogP) is 1.74. The number of nitrogen functional groups attached to an aromatic ring is 1. The van der Waals surface area contributed by atoms with E-state index in [2.05, 4.69) is 9.97 Å². The number of benzene rings is 1. The van der Waals surface area contributed by atoms with Crippen LogP contribution in [-0.4, -0.2) is 24.2 Å². The molecule has 0 amide bonds. The Morgan fingerprint density at radius 2 is 1.94 bits per heavy atom. The standard InChI is InChI=1S/C12H13N3O2/c1-16-8-3-4-11(17-2)9(5-8)10-6-14-7-12(13)15-10/h3-7H,1-2H3,(H2,13,15). The van der Waals surface area contributed by atoms with Gasteiger partial charge in [-0.1, -0.05) is 0 Å². The zero-order valence-electron chi connectivity index (χ0n) is 9.68. The van der Waals surface area contributed by atoms with Gasteiger partial charge in [-0.2, -0.15) is 0 Å². The minimum absolute atomic E-state index is 0.368.